The SMILES string of the molecule is O=C(NCCC1=NCC(C(F)(F)F)C=C1Cl)c1ccccc1C(F)(F)F. The number of nitrogens with one attached hydrogen (secondary N) is 1. The average molecular weight is 399 g/mol. The van der Waals surface area contributed by atoms with Crippen molar-refractivity contribution < 1.29 is 31.1 Å². The lowest BCUT2D eigenvalue weighted by Gasteiger charge is -2.20. The molecule has 1 amide bonds. The van der Waals surface area contributed by atoms with Crippen LogP contribution in [-0.2, 0) is 6.18 Å². The quantitative estimate of drug-likeness (QED) is 0.741. The molecular formula is C16H13ClF6N2O. The number of halogens is 7. The lowest BCUT2D eigenvalue weighted by molar-refractivity contribution is -0.158. The van der Waals surface area contributed by atoms with Crippen LogP contribution < -0.4 is 5.32 Å². The molecule has 1 aliphatic heterocycles. The van der Waals surface area contributed by atoms with Crippen molar-refractivity contribution in [2.45, 2.75) is 18.8 Å². The fourth-order valence-corrected chi connectivity index (χ4v) is 2.63. The first-order chi connectivity index (χ1) is 12.0. The summed E-state index contributed by atoms with van der Waals surface area (Å²) in [4.78, 5) is 15.7. The Morgan fingerprint density at radius 1 is 1.19 bits per heavy atom. The van der Waals surface area contributed by atoms with Crippen LogP contribution in [0.2, 0.25) is 0 Å². The number of hydrogen-bond acceptors (Lipinski definition) is 2. The zero-order chi connectivity index (χ0) is 19.5. The second-order valence-electron chi connectivity index (χ2n) is 5.50. The maximum Gasteiger partial charge on any atom is 0.417 e. The van der Waals surface area contributed by atoms with E-state index in [4.69, 9.17) is 11.6 Å². The third-order valence-corrected chi connectivity index (χ3v) is 3.99. The van der Waals surface area contributed by atoms with Crippen LogP contribution in [0.15, 0.2) is 40.4 Å². The summed E-state index contributed by atoms with van der Waals surface area (Å²) in [6, 6.07) is 4.29. The summed E-state index contributed by atoms with van der Waals surface area (Å²) < 4.78 is 76.5. The number of aliphatic imine (C=N–C) groups is 1. The first-order valence-corrected chi connectivity index (χ1v) is 7.80. The highest BCUT2D eigenvalue weighted by atomic mass is 35.5. The van der Waals surface area contributed by atoms with Crippen molar-refractivity contribution in [3.8, 4) is 0 Å². The van der Waals surface area contributed by atoms with E-state index in [-0.39, 0.29) is 23.7 Å². The van der Waals surface area contributed by atoms with Crippen molar-refractivity contribution in [3.05, 3.63) is 46.5 Å². The number of hydrogen-bond donors (Lipinski definition) is 1. The summed E-state index contributed by atoms with van der Waals surface area (Å²) in [6.07, 6.45) is -8.30. The first kappa shape index (κ1) is 20.3. The van der Waals surface area contributed by atoms with Crippen molar-refractivity contribution in [2.24, 2.45) is 10.9 Å². The zero-order valence-electron chi connectivity index (χ0n) is 13.1. The number of dihydropyridines is 1. The molecule has 0 radical (unpaired) electrons. The highest BCUT2D eigenvalue weighted by molar-refractivity contribution is 6.43. The number of rotatable bonds is 4. The van der Waals surface area contributed by atoms with Crippen LogP contribution in [0.4, 0.5) is 26.3 Å². The minimum atomic E-state index is -4.68. The molecule has 1 aromatic rings. The van der Waals surface area contributed by atoms with Gasteiger partial charge in [0.05, 0.1) is 34.3 Å². The first-order valence-electron chi connectivity index (χ1n) is 7.42. The molecule has 1 atom stereocenters. The molecule has 0 aromatic heterocycles. The zero-order valence-corrected chi connectivity index (χ0v) is 13.8. The molecule has 26 heavy (non-hydrogen) atoms. The Morgan fingerprint density at radius 3 is 2.42 bits per heavy atom. The Morgan fingerprint density at radius 2 is 1.85 bits per heavy atom. The predicted octanol–water partition coefficient (Wildman–Crippen LogP) is 4.58. The molecule has 10 heteroatoms. The smallest absolute Gasteiger partial charge is 0.352 e. The topological polar surface area (TPSA) is 41.5 Å². The van der Waals surface area contributed by atoms with E-state index in [1.165, 1.54) is 6.07 Å². The van der Waals surface area contributed by atoms with Gasteiger partial charge in [-0.3, -0.25) is 9.79 Å². The number of amides is 1. The molecule has 2 rings (SSSR count). The lowest BCUT2D eigenvalue weighted by atomic mass is 10.0. The molecular weight excluding hydrogens is 386 g/mol. The maximum atomic E-state index is 12.9. The van der Waals surface area contributed by atoms with Gasteiger partial charge in [-0.25, -0.2) is 0 Å². The fourth-order valence-electron chi connectivity index (χ4n) is 2.32. The van der Waals surface area contributed by atoms with Crippen LogP contribution in [0.3, 0.4) is 0 Å². The Labute approximate surface area is 149 Å². The van der Waals surface area contributed by atoms with Crippen LogP contribution in [0.25, 0.3) is 0 Å². The van der Waals surface area contributed by atoms with Gasteiger partial charge in [-0.1, -0.05) is 29.8 Å². The van der Waals surface area contributed by atoms with Crippen LogP contribution in [-0.4, -0.2) is 30.9 Å². The van der Waals surface area contributed by atoms with E-state index < -0.39 is 41.8 Å². The van der Waals surface area contributed by atoms with Crippen molar-refractivity contribution >= 4 is 23.2 Å². The van der Waals surface area contributed by atoms with Crippen LogP contribution in [0.1, 0.15) is 22.3 Å². The fraction of sp³-hybridized carbons (Fsp3) is 0.375. The van der Waals surface area contributed by atoms with Gasteiger partial charge in [0, 0.05) is 13.0 Å². The van der Waals surface area contributed by atoms with E-state index in [0.29, 0.717) is 0 Å². The van der Waals surface area contributed by atoms with E-state index in [1.54, 1.807) is 0 Å². The molecule has 0 aliphatic carbocycles. The van der Waals surface area contributed by atoms with E-state index in [0.717, 1.165) is 24.3 Å². The summed E-state index contributed by atoms with van der Waals surface area (Å²) in [6.45, 7) is -0.634. The Kier molecular flexibility index (Phi) is 6.00. The second kappa shape index (κ2) is 7.69. The largest absolute Gasteiger partial charge is 0.417 e. The van der Waals surface area contributed by atoms with Crippen LogP contribution >= 0.6 is 11.6 Å². The normalized spacial score (nSPS) is 18.2. The summed E-state index contributed by atoms with van der Waals surface area (Å²) in [5.41, 5.74) is -1.45. The minimum Gasteiger partial charge on any atom is -0.352 e. The van der Waals surface area contributed by atoms with Crippen LogP contribution in [0.5, 0.6) is 0 Å². The molecule has 0 saturated heterocycles. The van der Waals surface area contributed by atoms with Gasteiger partial charge in [-0.2, -0.15) is 26.3 Å². The number of carbonyl (C=O) groups is 1. The highest BCUT2D eigenvalue weighted by Crippen LogP contribution is 2.33. The number of alkyl halides is 6. The standard InChI is InChI=1S/C16H13ClF6N2O/c17-12-7-9(15(18,19)20)8-25-13(12)5-6-24-14(26)10-3-1-2-4-11(10)16(21,22)23/h1-4,7,9H,5-6,8H2,(H,24,26). The molecule has 3 nitrogen and oxygen atoms in total. The maximum absolute atomic E-state index is 12.9. The summed E-state index contributed by atoms with van der Waals surface area (Å²) >= 11 is 5.77. The molecule has 1 unspecified atom stereocenters. The van der Waals surface area contributed by atoms with Gasteiger partial charge in [0.25, 0.3) is 5.91 Å². The molecule has 1 heterocycles. The monoisotopic (exact) mass is 398 g/mol. The van der Waals surface area contributed by atoms with Crippen LogP contribution in [0, 0.1) is 5.92 Å². The molecule has 0 spiro atoms. The van der Waals surface area contributed by atoms with Crippen molar-refractivity contribution in [3.63, 3.8) is 0 Å². The highest BCUT2D eigenvalue weighted by Gasteiger charge is 2.39. The molecule has 0 fully saturated rings. The van der Waals surface area contributed by atoms with E-state index in [2.05, 4.69) is 10.3 Å². The second-order valence-corrected chi connectivity index (χ2v) is 5.91. The Bertz CT molecular complexity index is 739. The minimum absolute atomic E-state index is 0.000163. The lowest BCUT2D eigenvalue weighted by Crippen LogP contribution is -2.30. The number of benzene rings is 1. The number of nitrogens with zero attached hydrogens (tertiary/aromatic N) is 1. The van der Waals surface area contributed by atoms with Crippen molar-refractivity contribution in [1.29, 1.82) is 0 Å². The van der Waals surface area contributed by atoms with Gasteiger partial charge in [0.2, 0.25) is 0 Å². The summed E-state index contributed by atoms with van der Waals surface area (Å²) in [5.74, 6) is -2.71. The van der Waals surface area contributed by atoms with Crippen molar-refractivity contribution in [1.82, 2.24) is 5.32 Å². The predicted molar refractivity (Wildman–Crippen MR) is 84.2 cm³/mol. The third kappa shape index (κ3) is 5.00. The average Bonchev–Trinajstić information content (AvgIpc) is 2.54. The van der Waals surface area contributed by atoms with Gasteiger partial charge in [0.1, 0.15) is 0 Å². The Hall–Kier alpha value is -2.03. The van der Waals surface area contributed by atoms with E-state index in [1.807, 2.05) is 0 Å². The molecule has 1 aromatic carbocycles. The van der Waals surface area contributed by atoms with E-state index in [9.17, 15) is 31.1 Å². The van der Waals surface area contributed by atoms with Gasteiger partial charge >= 0.3 is 12.4 Å². The molecule has 1 N–H and O–H groups in total. The van der Waals surface area contributed by atoms with Gasteiger partial charge in [-0.15, -0.1) is 0 Å². The van der Waals surface area contributed by atoms with Gasteiger partial charge < -0.3 is 5.32 Å². The number of carbonyl (C=O) groups excluding carboxylic acids is 1. The van der Waals surface area contributed by atoms with E-state index >= 15 is 0 Å². The molecule has 142 valence electrons. The number of allylic oxidation sites excluding steroid dienone is 1. The van der Waals surface area contributed by atoms with Crippen molar-refractivity contribution in [2.75, 3.05) is 13.1 Å². The van der Waals surface area contributed by atoms with Gasteiger partial charge in [0.15, 0.2) is 0 Å². The Balaban J connectivity index is 1.97. The molecule has 0 saturated carbocycles. The molecule has 1 aliphatic rings. The summed E-state index contributed by atoms with van der Waals surface area (Å²) in [5, 5.41) is 2.12. The third-order valence-electron chi connectivity index (χ3n) is 3.65. The summed E-state index contributed by atoms with van der Waals surface area (Å²) in [7, 11) is 0. The van der Waals surface area contributed by atoms with Gasteiger partial charge in [-0.05, 0) is 12.1 Å². The molecule has 0 bridgehead atoms.